The van der Waals surface area contributed by atoms with Gasteiger partial charge in [-0.15, -0.1) is 0 Å². The molecule has 0 bridgehead atoms. The molecular formula is C14H23N. The summed E-state index contributed by atoms with van der Waals surface area (Å²) >= 11 is 0. The van der Waals surface area contributed by atoms with Gasteiger partial charge in [-0.3, -0.25) is 0 Å². The molecule has 0 aromatic rings. The van der Waals surface area contributed by atoms with Gasteiger partial charge in [-0.05, 0) is 39.3 Å². The highest BCUT2D eigenvalue weighted by Gasteiger charge is 2.17. The SMILES string of the molecule is CC1=CC(C)(C)C=CC=C1NC(C)(C)C. The van der Waals surface area contributed by atoms with E-state index in [0.717, 1.165) is 0 Å². The Morgan fingerprint density at radius 2 is 1.80 bits per heavy atom. The molecule has 1 rings (SSSR count). The largest absolute Gasteiger partial charge is 0.380 e. The monoisotopic (exact) mass is 205 g/mol. The third kappa shape index (κ3) is 3.94. The summed E-state index contributed by atoms with van der Waals surface area (Å²) in [6.45, 7) is 13.2. The van der Waals surface area contributed by atoms with Gasteiger partial charge in [0.2, 0.25) is 0 Å². The topological polar surface area (TPSA) is 12.0 Å². The molecule has 0 spiro atoms. The maximum atomic E-state index is 3.53. The molecule has 0 aromatic carbocycles. The Labute approximate surface area is 94.0 Å². The van der Waals surface area contributed by atoms with Gasteiger partial charge in [0.25, 0.3) is 0 Å². The van der Waals surface area contributed by atoms with Crippen LogP contribution in [0.4, 0.5) is 0 Å². The summed E-state index contributed by atoms with van der Waals surface area (Å²) in [6, 6.07) is 0. The van der Waals surface area contributed by atoms with Crippen molar-refractivity contribution in [2.45, 2.75) is 47.1 Å². The van der Waals surface area contributed by atoms with Crippen molar-refractivity contribution in [2.24, 2.45) is 5.41 Å². The van der Waals surface area contributed by atoms with Crippen LogP contribution in [-0.2, 0) is 0 Å². The van der Waals surface area contributed by atoms with Crippen LogP contribution in [0, 0.1) is 5.41 Å². The van der Waals surface area contributed by atoms with Crippen LogP contribution in [-0.4, -0.2) is 5.54 Å². The van der Waals surface area contributed by atoms with Crippen LogP contribution in [0.3, 0.4) is 0 Å². The lowest BCUT2D eigenvalue weighted by molar-refractivity contribution is 0.475. The zero-order chi connectivity index (χ0) is 11.7. The van der Waals surface area contributed by atoms with Crippen molar-refractivity contribution in [1.82, 2.24) is 5.32 Å². The van der Waals surface area contributed by atoms with Gasteiger partial charge in [-0.2, -0.15) is 0 Å². The molecule has 1 N–H and O–H groups in total. The lowest BCUT2D eigenvalue weighted by atomic mass is 9.91. The second-order valence-electron chi connectivity index (χ2n) is 5.96. The molecule has 0 heterocycles. The first kappa shape index (κ1) is 12.1. The highest BCUT2D eigenvalue weighted by Crippen LogP contribution is 2.26. The third-order valence-corrected chi connectivity index (χ3v) is 2.31. The Hall–Kier alpha value is -0.980. The second-order valence-corrected chi connectivity index (χ2v) is 5.96. The van der Waals surface area contributed by atoms with Gasteiger partial charge in [-0.25, -0.2) is 0 Å². The lowest BCUT2D eigenvalue weighted by Gasteiger charge is -2.25. The summed E-state index contributed by atoms with van der Waals surface area (Å²) in [5.74, 6) is 0. The molecule has 1 aliphatic rings. The minimum atomic E-state index is 0.114. The van der Waals surface area contributed by atoms with Crippen molar-refractivity contribution in [3.8, 4) is 0 Å². The van der Waals surface area contributed by atoms with Crippen molar-refractivity contribution >= 4 is 0 Å². The van der Waals surface area contributed by atoms with Gasteiger partial charge in [0.05, 0.1) is 0 Å². The van der Waals surface area contributed by atoms with Crippen molar-refractivity contribution in [3.05, 3.63) is 35.6 Å². The molecule has 0 unspecified atom stereocenters. The Kier molecular flexibility index (Phi) is 3.13. The fraction of sp³-hybridized carbons (Fsp3) is 0.571. The standard InChI is InChI=1S/C14H23N/c1-11-10-14(5,6)9-7-8-12(11)15-13(2,3)4/h7-10,15H,1-6H3. The van der Waals surface area contributed by atoms with E-state index in [-0.39, 0.29) is 11.0 Å². The summed E-state index contributed by atoms with van der Waals surface area (Å²) in [7, 11) is 0. The van der Waals surface area contributed by atoms with E-state index in [0.29, 0.717) is 0 Å². The first-order valence-corrected chi connectivity index (χ1v) is 5.57. The van der Waals surface area contributed by atoms with Crippen LogP contribution in [0.15, 0.2) is 35.6 Å². The zero-order valence-corrected chi connectivity index (χ0v) is 10.8. The van der Waals surface area contributed by atoms with Crippen molar-refractivity contribution in [3.63, 3.8) is 0 Å². The van der Waals surface area contributed by atoms with Crippen molar-refractivity contribution in [2.75, 3.05) is 0 Å². The molecule has 1 heteroatoms. The van der Waals surface area contributed by atoms with Crippen LogP contribution < -0.4 is 5.32 Å². The molecule has 1 nitrogen and oxygen atoms in total. The predicted molar refractivity (Wildman–Crippen MR) is 67.6 cm³/mol. The Balaban J connectivity index is 2.93. The fourth-order valence-corrected chi connectivity index (χ4v) is 1.75. The van der Waals surface area contributed by atoms with E-state index in [1.165, 1.54) is 11.3 Å². The first-order valence-electron chi connectivity index (χ1n) is 5.57. The summed E-state index contributed by atoms with van der Waals surface area (Å²) in [6.07, 6.45) is 8.84. The predicted octanol–water partition coefficient (Wildman–Crippen LogP) is 3.80. The maximum absolute atomic E-state index is 3.53. The number of nitrogens with one attached hydrogen (secondary N) is 1. The molecule has 0 amide bonds. The first-order chi connectivity index (χ1) is 6.70. The van der Waals surface area contributed by atoms with Crippen molar-refractivity contribution < 1.29 is 0 Å². The molecule has 15 heavy (non-hydrogen) atoms. The molecule has 84 valence electrons. The van der Waals surface area contributed by atoms with Gasteiger partial charge in [0.1, 0.15) is 0 Å². The maximum Gasteiger partial charge on any atom is 0.0370 e. The summed E-state index contributed by atoms with van der Waals surface area (Å²) in [4.78, 5) is 0. The Morgan fingerprint density at radius 3 is 2.33 bits per heavy atom. The molecule has 0 atom stereocenters. The number of allylic oxidation sites excluding steroid dienone is 5. The normalized spacial score (nSPS) is 20.4. The minimum Gasteiger partial charge on any atom is -0.380 e. The molecule has 0 saturated carbocycles. The van der Waals surface area contributed by atoms with Gasteiger partial charge >= 0.3 is 0 Å². The van der Waals surface area contributed by atoms with E-state index in [4.69, 9.17) is 0 Å². The molecular weight excluding hydrogens is 182 g/mol. The minimum absolute atomic E-state index is 0.114. The Bertz CT molecular complexity index is 322. The van der Waals surface area contributed by atoms with Gasteiger partial charge in [0.15, 0.2) is 0 Å². The summed E-state index contributed by atoms with van der Waals surface area (Å²) in [5.41, 5.74) is 2.81. The van der Waals surface area contributed by atoms with E-state index >= 15 is 0 Å². The van der Waals surface area contributed by atoms with Gasteiger partial charge in [-0.1, -0.05) is 32.1 Å². The van der Waals surface area contributed by atoms with Crippen LogP contribution in [0.2, 0.25) is 0 Å². The fourth-order valence-electron chi connectivity index (χ4n) is 1.75. The van der Waals surface area contributed by atoms with Crippen molar-refractivity contribution in [1.29, 1.82) is 0 Å². The van der Waals surface area contributed by atoms with Crippen LogP contribution in [0.25, 0.3) is 0 Å². The van der Waals surface area contributed by atoms with Crippen LogP contribution in [0.1, 0.15) is 41.5 Å². The smallest absolute Gasteiger partial charge is 0.0370 e. The molecule has 0 radical (unpaired) electrons. The molecule has 0 aliphatic heterocycles. The van der Waals surface area contributed by atoms with Gasteiger partial charge in [0, 0.05) is 16.7 Å². The zero-order valence-electron chi connectivity index (χ0n) is 10.8. The van der Waals surface area contributed by atoms with Crippen LogP contribution in [0.5, 0.6) is 0 Å². The number of rotatable bonds is 1. The van der Waals surface area contributed by atoms with E-state index in [1.54, 1.807) is 0 Å². The van der Waals surface area contributed by atoms with Gasteiger partial charge < -0.3 is 5.32 Å². The average Bonchev–Trinajstić information content (AvgIpc) is 2.08. The summed E-state index contributed by atoms with van der Waals surface area (Å²) < 4.78 is 0. The third-order valence-electron chi connectivity index (χ3n) is 2.31. The molecule has 0 fully saturated rings. The van der Waals surface area contributed by atoms with E-state index in [2.05, 4.69) is 71.2 Å². The molecule has 1 aliphatic carbocycles. The van der Waals surface area contributed by atoms with E-state index < -0.39 is 0 Å². The lowest BCUT2D eigenvalue weighted by Crippen LogP contribution is -2.35. The number of hydrogen-bond acceptors (Lipinski definition) is 1. The quantitative estimate of drug-likeness (QED) is 0.686. The number of hydrogen-bond donors (Lipinski definition) is 1. The summed E-state index contributed by atoms with van der Waals surface area (Å²) in [5, 5.41) is 3.53. The van der Waals surface area contributed by atoms with E-state index in [9.17, 15) is 0 Å². The van der Waals surface area contributed by atoms with E-state index in [1.807, 2.05) is 0 Å². The highest BCUT2D eigenvalue weighted by molar-refractivity contribution is 5.37. The van der Waals surface area contributed by atoms with Crippen LogP contribution >= 0.6 is 0 Å². The second kappa shape index (κ2) is 3.88. The molecule has 0 saturated heterocycles. The highest BCUT2D eigenvalue weighted by atomic mass is 15.0. The Morgan fingerprint density at radius 1 is 1.20 bits per heavy atom. The molecule has 0 aromatic heterocycles. The average molecular weight is 205 g/mol.